The van der Waals surface area contributed by atoms with E-state index in [9.17, 15) is 4.79 Å². The molecule has 0 fully saturated rings. The molecule has 0 aliphatic carbocycles. The van der Waals surface area contributed by atoms with Crippen LogP contribution in [0.15, 0.2) is 11.2 Å². The largest absolute Gasteiger partial charge is 0.466 e. The van der Waals surface area contributed by atoms with Gasteiger partial charge in [0.25, 0.3) is 5.60 Å². The van der Waals surface area contributed by atoms with Gasteiger partial charge >= 0.3 is 5.97 Å². The van der Waals surface area contributed by atoms with Crippen LogP contribution in [0, 0.1) is 27.7 Å². The van der Waals surface area contributed by atoms with E-state index in [1.54, 1.807) is 0 Å². The first-order chi connectivity index (χ1) is 9.86. The van der Waals surface area contributed by atoms with Crippen LogP contribution < -0.4 is 5.73 Å². The fraction of sp³-hybridized carbons (Fsp3) is 0.500. The summed E-state index contributed by atoms with van der Waals surface area (Å²) in [6.45, 7) is 8.28. The van der Waals surface area contributed by atoms with E-state index in [2.05, 4.69) is 38.9 Å². The number of carbonyl (C=O) groups excluding carboxylic acids is 1. The predicted molar refractivity (Wildman–Crippen MR) is 81.4 cm³/mol. The molecule has 114 valence electrons. The lowest BCUT2D eigenvalue weighted by Gasteiger charge is -2.21. The Morgan fingerprint density at radius 2 is 1.90 bits per heavy atom. The SMILES string of the molecule is COC(=O)C1(CN)CC(c2c(C)c(C)cc(C)c2C)=NO1. The minimum atomic E-state index is -1.19. The Balaban J connectivity index is 2.45. The van der Waals surface area contributed by atoms with E-state index in [0.29, 0.717) is 6.42 Å². The Morgan fingerprint density at radius 1 is 1.33 bits per heavy atom. The van der Waals surface area contributed by atoms with Crippen LogP contribution in [0.25, 0.3) is 0 Å². The molecule has 1 unspecified atom stereocenters. The lowest BCUT2D eigenvalue weighted by atomic mass is 9.87. The molecule has 1 aromatic carbocycles. The molecule has 0 saturated carbocycles. The zero-order valence-electron chi connectivity index (χ0n) is 13.2. The minimum absolute atomic E-state index is 0.0373. The van der Waals surface area contributed by atoms with Crippen LogP contribution in [-0.4, -0.2) is 30.9 Å². The Hall–Kier alpha value is -1.88. The number of aryl methyl sites for hydroxylation is 2. The van der Waals surface area contributed by atoms with Gasteiger partial charge in [0.1, 0.15) is 0 Å². The molecule has 21 heavy (non-hydrogen) atoms. The first-order valence-corrected chi connectivity index (χ1v) is 6.97. The van der Waals surface area contributed by atoms with Crippen LogP contribution in [0.3, 0.4) is 0 Å². The normalized spacial score (nSPS) is 21.0. The maximum absolute atomic E-state index is 11.9. The lowest BCUT2D eigenvalue weighted by Crippen LogP contribution is -2.46. The van der Waals surface area contributed by atoms with Crippen LogP contribution in [0.2, 0.25) is 0 Å². The van der Waals surface area contributed by atoms with Crippen molar-refractivity contribution in [3.05, 3.63) is 33.9 Å². The molecular weight excluding hydrogens is 268 g/mol. The van der Waals surface area contributed by atoms with Crippen molar-refractivity contribution in [2.75, 3.05) is 13.7 Å². The van der Waals surface area contributed by atoms with E-state index in [-0.39, 0.29) is 6.54 Å². The Kier molecular flexibility index (Phi) is 4.05. The molecule has 0 bridgehead atoms. The second-order valence-electron chi connectivity index (χ2n) is 5.63. The molecule has 1 aromatic rings. The van der Waals surface area contributed by atoms with Crippen molar-refractivity contribution in [3.63, 3.8) is 0 Å². The van der Waals surface area contributed by atoms with Gasteiger partial charge in [0.15, 0.2) is 0 Å². The summed E-state index contributed by atoms with van der Waals surface area (Å²) in [5, 5.41) is 4.14. The zero-order chi connectivity index (χ0) is 15.8. The Morgan fingerprint density at radius 3 is 2.38 bits per heavy atom. The van der Waals surface area contributed by atoms with Crippen molar-refractivity contribution in [1.82, 2.24) is 0 Å². The molecule has 0 aromatic heterocycles. The number of methoxy groups -OCH3 is 1. The highest BCUT2D eigenvalue weighted by atomic mass is 16.7. The molecule has 5 nitrogen and oxygen atoms in total. The Bertz CT molecular complexity index is 596. The first-order valence-electron chi connectivity index (χ1n) is 6.97. The van der Waals surface area contributed by atoms with E-state index in [1.165, 1.54) is 18.2 Å². The number of benzene rings is 1. The third-order valence-corrected chi connectivity index (χ3v) is 4.33. The monoisotopic (exact) mass is 290 g/mol. The summed E-state index contributed by atoms with van der Waals surface area (Å²) in [5.41, 5.74) is 11.0. The fourth-order valence-electron chi connectivity index (χ4n) is 2.75. The summed E-state index contributed by atoms with van der Waals surface area (Å²) < 4.78 is 4.80. The molecule has 2 N–H and O–H groups in total. The topological polar surface area (TPSA) is 73.9 Å². The number of nitrogens with zero attached hydrogens (tertiary/aromatic N) is 1. The summed E-state index contributed by atoms with van der Waals surface area (Å²) >= 11 is 0. The quantitative estimate of drug-likeness (QED) is 0.863. The van der Waals surface area contributed by atoms with Gasteiger partial charge in [0.2, 0.25) is 0 Å². The highest BCUT2D eigenvalue weighted by Crippen LogP contribution is 2.31. The van der Waals surface area contributed by atoms with Crippen LogP contribution in [0.1, 0.15) is 34.2 Å². The van der Waals surface area contributed by atoms with Crippen molar-refractivity contribution >= 4 is 11.7 Å². The van der Waals surface area contributed by atoms with Gasteiger partial charge < -0.3 is 15.3 Å². The number of ether oxygens (including phenoxy) is 1. The summed E-state index contributed by atoms with van der Waals surface area (Å²) in [4.78, 5) is 17.3. The average Bonchev–Trinajstić information content (AvgIpc) is 2.90. The molecule has 1 atom stereocenters. The van der Waals surface area contributed by atoms with Gasteiger partial charge in [0, 0.05) is 18.5 Å². The third kappa shape index (κ3) is 2.42. The van der Waals surface area contributed by atoms with E-state index in [0.717, 1.165) is 22.4 Å². The first kappa shape index (κ1) is 15.5. The predicted octanol–water partition coefficient (Wildman–Crippen LogP) is 1.92. The zero-order valence-corrected chi connectivity index (χ0v) is 13.2. The van der Waals surface area contributed by atoms with Crippen molar-refractivity contribution < 1.29 is 14.4 Å². The van der Waals surface area contributed by atoms with Gasteiger partial charge in [-0.25, -0.2) is 4.79 Å². The number of oxime groups is 1. The van der Waals surface area contributed by atoms with E-state index in [1.807, 2.05) is 0 Å². The summed E-state index contributed by atoms with van der Waals surface area (Å²) in [7, 11) is 1.33. The molecule has 0 radical (unpaired) electrons. The van der Waals surface area contributed by atoms with Crippen LogP contribution in [0.4, 0.5) is 0 Å². The molecule has 0 saturated heterocycles. The van der Waals surface area contributed by atoms with E-state index in [4.69, 9.17) is 15.3 Å². The van der Waals surface area contributed by atoms with Gasteiger partial charge in [-0.3, -0.25) is 0 Å². The fourth-order valence-corrected chi connectivity index (χ4v) is 2.75. The molecule has 1 aliphatic heterocycles. The smallest absolute Gasteiger partial charge is 0.354 e. The lowest BCUT2D eigenvalue weighted by molar-refractivity contribution is -0.165. The Labute approximate surface area is 125 Å². The second-order valence-corrected chi connectivity index (χ2v) is 5.63. The number of rotatable bonds is 3. The van der Waals surface area contributed by atoms with E-state index < -0.39 is 11.6 Å². The molecule has 2 rings (SSSR count). The van der Waals surface area contributed by atoms with Crippen LogP contribution >= 0.6 is 0 Å². The van der Waals surface area contributed by atoms with Gasteiger partial charge in [-0.1, -0.05) is 11.2 Å². The van der Waals surface area contributed by atoms with Crippen molar-refractivity contribution in [1.29, 1.82) is 0 Å². The number of hydrogen-bond donors (Lipinski definition) is 1. The highest BCUT2D eigenvalue weighted by molar-refractivity contribution is 6.07. The van der Waals surface area contributed by atoms with E-state index >= 15 is 0 Å². The van der Waals surface area contributed by atoms with Gasteiger partial charge in [0.05, 0.1) is 12.8 Å². The van der Waals surface area contributed by atoms with Crippen molar-refractivity contribution in [2.45, 2.75) is 39.7 Å². The minimum Gasteiger partial charge on any atom is -0.466 e. The van der Waals surface area contributed by atoms with Gasteiger partial charge in [-0.15, -0.1) is 0 Å². The average molecular weight is 290 g/mol. The summed E-state index contributed by atoms with van der Waals surface area (Å²) in [6, 6.07) is 2.15. The molecular formula is C16H22N2O3. The number of hydrogen-bond acceptors (Lipinski definition) is 5. The molecule has 0 spiro atoms. The summed E-state index contributed by atoms with van der Waals surface area (Å²) in [6.07, 6.45) is 0.334. The maximum Gasteiger partial charge on any atom is 0.354 e. The number of nitrogens with two attached hydrogens (primary N) is 1. The third-order valence-electron chi connectivity index (χ3n) is 4.33. The number of esters is 1. The number of carbonyl (C=O) groups is 1. The highest BCUT2D eigenvalue weighted by Gasteiger charge is 2.47. The molecule has 0 amide bonds. The van der Waals surface area contributed by atoms with Gasteiger partial charge in [-0.2, -0.15) is 0 Å². The van der Waals surface area contributed by atoms with Gasteiger partial charge in [-0.05, 0) is 49.9 Å². The van der Waals surface area contributed by atoms with Crippen molar-refractivity contribution in [3.8, 4) is 0 Å². The molecule has 1 heterocycles. The van der Waals surface area contributed by atoms with Crippen LogP contribution in [-0.2, 0) is 14.4 Å². The molecule has 1 aliphatic rings. The second kappa shape index (κ2) is 5.48. The maximum atomic E-state index is 11.9. The standard InChI is InChI=1S/C16H22N2O3/c1-9-6-10(2)12(4)14(11(9)3)13-7-16(8-17,21-18-13)15(19)20-5/h6H,7-8,17H2,1-5H3. The van der Waals surface area contributed by atoms with Crippen molar-refractivity contribution in [2.24, 2.45) is 10.9 Å². The van der Waals surface area contributed by atoms with Crippen LogP contribution in [0.5, 0.6) is 0 Å². The molecule has 5 heteroatoms. The summed E-state index contributed by atoms with van der Waals surface area (Å²) in [5.74, 6) is -0.483.